The van der Waals surface area contributed by atoms with Crippen molar-refractivity contribution in [3.8, 4) is 0 Å². The van der Waals surface area contributed by atoms with Gasteiger partial charge in [0.15, 0.2) is 5.82 Å². The molecule has 0 aliphatic carbocycles. The predicted molar refractivity (Wildman–Crippen MR) is 117 cm³/mol. The summed E-state index contributed by atoms with van der Waals surface area (Å²) in [6, 6.07) is 9.52. The second kappa shape index (κ2) is 9.43. The second-order valence-corrected chi connectivity index (χ2v) is 8.63. The van der Waals surface area contributed by atoms with Crippen LogP contribution in [-0.2, 0) is 9.53 Å². The van der Waals surface area contributed by atoms with Crippen molar-refractivity contribution in [1.29, 1.82) is 0 Å². The molecule has 0 radical (unpaired) electrons. The van der Waals surface area contributed by atoms with Gasteiger partial charge in [-0.1, -0.05) is 35.5 Å². The van der Waals surface area contributed by atoms with Gasteiger partial charge in [-0.15, -0.1) is 11.6 Å². The molecular weight excluding hydrogens is 447 g/mol. The van der Waals surface area contributed by atoms with E-state index < -0.39 is 5.97 Å². The third kappa shape index (κ3) is 4.51. The van der Waals surface area contributed by atoms with Crippen LogP contribution in [0, 0.1) is 0 Å². The van der Waals surface area contributed by atoms with Gasteiger partial charge in [0, 0.05) is 43.8 Å². The Kier molecular flexibility index (Phi) is 6.67. The number of urea groups is 1. The topological polar surface area (TPSA) is 66.0 Å². The predicted octanol–water partition coefficient (Wildman–Crippen LogP) is 3.86. The smallest absolute Gasteiger partial charge is 0.330 e. The van der Waals surface area contributed by atoms with Crippen molar-refractivity contribution < 1.29 is 14.3 Å². The third-order valence-electron chi connectivity index (χ3n) is 4.95. The third-order valence-corrected chi connectivity index (χ3v) is 6.46. The van der Waals surface area contributed by atoms with E-state index >= 15 is 0 Å². The molecule has 30 heavy (non-hydrogen) atoms. The number of nitrogens with zero attached hydrogens (tertiary/aromatic N) is 4. The van der Waals surface area contributed by atoms with Crippen LogP contribution in [-0.4, -0.2) is 72.0 Å². The molecule has 1 fully saturated rings. The quantitative estimate of drug-likeness (QED) is 0.503. The number of hydrogen-bond donors (Lipinski definition) is 0. The molecule has 0 N–H and O–H groups in total. The minimum Gasteiger partial charge on any atom is -0.463 e. The SMILES string of the molecule is O=C(CCl)OCCN1CCN(C(=O)N2c3ccccc3Sc3cc(Cl)cnc32)CC1. The summed E-state index contributed by atoms with van der Waals surface area (Å²) < 4.78 is 5.03. The maximum atomic E-state index is 13.5. The van der Waals surface area contributed by atoms with Gasteiger partial charge in [0.25, 0.3) is 0 Å². The normalized spacial score (nSPS) is 16.1. The Labute approximate surface area is 188 Å². The maximum Gasteiger partial charge on any atom is 0.330 e. The van der Waals surface area contributed by atoms with Gasteiger partial charge in [-0.3, -0.25) is 9.69 Å². The van der Waals surface area contributed by atoms with Crippen LogP contribution in [0.2, 0.25) is 5.02 Å². The van der Waals surface area contributed by atoms with E-state index in [0.717, 1.165) is 15.5 Å². The largest absolute Gasteiger partial charge is 0.463 e. The van der Waals surface area contributed by atoms with Crippen molar-refractivity contribution in [3.63, 3.8) is 0 Å². The molecule has 0 spiro atoms. The zero-order valence-corrected chi connectivity index (χ0v) is 18.4. The second-order valence-electron chi connectivity index (χ2n) is 6.85. The van der Waals surface area contributed by atoms with Gasteiger partial charge < -0.3 is 9.64 Å². The van der Waals surface area contributed by atoms with E-state index in [9.17, 15) is 9.59 Å². The molecular formula is C20H20Cl2N4O3S. The summed E-state index contributed by atoms with van der Waals surface area (Å²) in [5.74, 6) is 0.0420. The Morgan fingerprint density at radius 2 is 1.90 bits per heavy atom. The Morgan fingerprint density at radius 1 is 1.13 bits per heavy atom. The lowest BCUT2D eigenvalue weighted by atomic mass is 10.2. The number of pyridine rings is 1. The number of carbonyl (C=O) groups is 2. The van der Waals surface area contributed by atoms with Crippen molar-refractivity contribution in [2.45, 2.75) is 9.79 Å². The van der Waals surface area contributed by atoms with Gasteiger partial charge >= 0.3 is 12.0 Å². The first kappa shape index (κ1) is 21.2. The number of para-hydroxylation sites is 1. The standard InChI is InChI=1S/C20H20Cl2N4O3S/c21-12-18(27)29-10-9-24-5-7-25(8-6-24)20(28)26-15-3-1-2-4-16(15)30-17-11-14(22)13-23-19(17)26/h1-4,11,13H,5-10,12H2. The lowest BCUT2D eigenvalue weighted by Crippen LogP contribution is -2.53. The lowest BCUT2D eigenvalue weighted by molar-refractivity contribution is -0.141. The monoisotopic (exact) mass is 466 g/mol. The van der Waals surface area contributed by atoms with Gasteiger partial charge in [0.1, 0.15) is 12.5 Å². The van der Waals surface area contributed by atoms with Crippen molar-refractivity contribution in [1.82, 2.24) is 14.8 Å². The van der Waals surface area contributed by atoms with Crippen LogP contribution < -0.4 is 4.90 Å². The molecule has 158 valence electrons. The zero-order valence-electron chi connectivity index (χ0n) is 16.1. The number of hydrogen-bond acceptors (Lipinski definition) is 6. The summed E-state index contributed by atoms with van der Waals surface area (Å²) in [7, 11) is 0. The van der Waals surface area contributed by atoms with Crippen molar-refractivity contribution in [3.05, 3.63) is 41.6 Å². The highest BCUT2D eigenvalue weighted by atomic mass is 35.5. The number of alkyl halides is 1. The number of rotatable bonds is 4. The highest BCUT2D eigenvalue weighted by molar-refractivity contribution is 7.99. The minimum atomic E-state index is -0.418. The van der Waals surface area contributed by atoms with E-state index in [-0.39, 0.29) is 11.9 Å². The summed E-state index contributed by atoms with van der Waals surface area (Å²) in [6.45, 7) is 3.49. The van der Waals surface area contributed by atoms with E-state index in [4.69, 9.17) is 27.9 Å². The molecule has 1 saturated heterocycles. The van der Waals surface area contributed by atoms with E-state index in [1.807, 2.05) is 35.2 Å². The van der Waals surface area contributed by atoms with Crippen LogP contribution in [0.25, 0.3) is 0 Å². The van der Waals surface area contributed by atoms with Crippen LogP contribution in [0.3, 0.4) is 0 Å². The molecule has 2 aliphatic heterocycles. The Bertz CT molecular complexity index is 953. The summed E-state index contributed by atoms with van der Waals surface area (Å²) in [6.07, 6.45) is 1.56. The zero-order chi connectivity index (χ0) is 21.1. The van der Waals surface area contributed by atoms with E-state index in [1.165, 1.54) is 0 Å². The number of halogens is 2. The molecule has 0 atom stereocenters. The number of benzene rings is 1. The highest BCUT2D eigenvalue weighted by Crippen LogP contribution is 2.48. The Balaban J connectivity index is 1.46. The van der Waals surface area contributed by atoms with Gasteiger partial charge in [-0.2, -0.15) is 0 Å². The fraction of sp³-hybridized carbons (Fsp3) is 0.350. The first-order valence-electron chi connectivity index (χ1n) is 9.52. The molecule has 4 rings (SSSR count). The fourth-order valence-corrected chi connectivity index (χ4v) is 4.81. The summed E-state index contributed by atoms with van der Waals surface area (Å²) in [4.78, 5) is 36.6. The highest BCUT2D eigenvalue weighted by Gasteiger charge is 2.33. The van der Waals surface area contributed by atoms with E-state index in [1.54, 1.807) is 22.9 Å². The van der Waals surface area contributed by atoms with Crippen LogP contribution in [0.15, 0.2) is 46.3 Å². The molecule has 2 aliphatic rings. The van der Waals surface area contributed by atoms with E-state index in [0.29, 0.717) is 50.2 Å². The van der Waals surface area contributed by atoms with Crippen LogP contribution in [0.1, 0.15) is 0 Å². The number of fused-ring (bicyclic) bond motifs is 2. The van der Waals surface area contributed by atoms with Gasteiger partial charge in [-0.05, 0) is 18.2 Å². The Morgan fingerprint density at radius 3 is 2.67 bits per heavy atom. The Hall–Kier alpha value is -2.00. The molecule has 0 saturated carbocycles. The van der Waals surface area contributed by atoms with Gasteiger partial charge in [-0.25, -0.2) is 14.7 Å². The van der Waals surface area contributed by atoms with E-state index in [2.05, 4.69) is 9.88 Å². The number of amides is 2. The summed E-state index contributed by atoms with van der Waals surface area (Å²) >= 11 is 13.1. The minimum absolute atomic E-state index is 0.105. The number of aromatic nitrogens is 1. The molecule has 3 heterocycles. The average Bonchev–Trinajstić information content (AvgIpc) is 2.77. The van der Waals surface area contributed by atoms with Gasteiger partial charge in [0.05, 0.1) is 15.6 Å². The summed E-state index contributed by atoms with van der Waals surface area (Å²) in [5, 5.41) is 0.538. The molecule has 0 bridgehead atoms. The molecule has 2 aromatic rings. The number of piperazine rings is 1. The van der Waals surface area contributed by atoms with Crippen LogP contribution >= 0.6 is 35.0 Å². The summed E-state index contributed by atoms with van der Waals surface area (Å²) in [5.41, 5.74) is 0.824. The first-order valence-corrected chi connectivity index (χ1v) is 11.2. The van der Waals surface area contributed by atoms with Crippen molar-refractivity contribution in [2.24, 2.45) is 0 Å². The maximum absolute atomic E-state index is 13.5. The number of anilines is 2. The molecule has 0 unspecified atom stereocenters. The van der Waals surface area contributed by atoms with Gasteiger partial charge in [0.2, 0.25) is 0 Å². The molecule has 10 heteroatoms. The number of esters is 1. The molecule has 7 nitrogen and oxygen atoms in total. The number of carbonyl (C=O) groups excluding carboxylic acids is 2. The molecule has 1 aromatic heterocycles. The first-order chi connectivity index (χ1) is 14.6. The fourth-order valence-electron chi connectivity index (χ4n) is 3.44. The van der Waals surface area contributed by atoms with Crippen molar-refractivity contribution >= 4 is 58.5 Å². The molecule has 2 amide bonds. The van der Waals surface area contributed by atoms with Crippen LogP contribution in [0.5, 0.6) is 0 Å². The molecule has 1 aromatic carbocycles. The average molecular weight is 467 g/mol. The lowest BCUT2D eigenvalue weighted by Gasteiger charge is -2.38. The number of ether oxygens (including phenoxy) is 1. The van der Waals surface area contributed by atoms with Crippen LogP contribution in [0.4, 0.5) is 16.3 Å². The van der Waals surface area contributed by atoms with Crippen molar-refractivity contribution in [2.75, 3.05) is 50.1 Å².